The highest BCUT2D eigenvalue weighted by molar-refractivity contribution is 7.99. The Balaban J connectivity index is 1.90. The fraction of sp³-hybridized carbons (Fsp3) is 0.643. The maximum atomic E-state index is 12.1. The van der Waals surface area contributed by atoms with Gasteiger partial charge in [0.25, 0.3) is 0 Å². The molecule has 0 radical (unpaired) electrons. The molecule has 1 saturated heterocycles. The van der Waals surface area contributed by atoms with E-state index in [1.54, 1.807) is 0 Å². The molecule has 0 aromatic carbocycles. The van der Waals surface area contributed by atoms with Crippen molar-refractivity contribution in [3.05, 3.63) is 22.4 Å². The molecule has 4 heteroatoms. The van der Waals surface area contributed by atoms with Gasteiger partial charge in [-0.2, -0.15) is 11.8 Å². The SMILES string of the molecule is CC(C)CC(=O)N1CCSC(c2cccs2)CC1. The van der Waals surface area contributed by atoms with Gasteiger partial charge in [0.15, 0.2) is 0 Å². The van der Waals surface area contributed by atoms with E-state index in [-0.39, 0.29) is 0 Å². The second-order valence-corrected chi connectivity index (χ2v) is 7.43. The lowest BCUT2D eigenvalue weighted by Crippen LogP contribution is -2.33. The Bertz CT molecular complexity index is 375. The Morgan fingerprint density at radius 1 is 1.50 bits per heavy atom. The van der Waals surface area contributed by atoms with Gasteiger partial charge in [-0.25, -0.2) is 0 Å². The highest BCUT2D eigenvalue weighted by Gasteiger charge is 2.22. The lowest BCUT2D eigenvalue weighted by atomic mass is 10.1. The minimum absolute atomic E-state index is 0.331. The van der Waals surface area contributed by atoms with Crippen molar-refractivity contribution in [3.63, 3.8) is 0 Å². The molecule has 0 bridgehead atoms. The average molecular weight is 283 g/mol. The second kappa shape index (κ2) is 6.62. The molecule has 18 heavy (non-hydrogen) atoms. The fourth-order valence-electron chi connectivity index (χ4n) is 2.20. The van der Waals surface area contributed by atoms with Gasteiger partial charge in [-0.1, -0.05) is 19.9 Å². The standard InChI is InChI=1S/C14H21NOS2/c1-11(2)10-14(16)15-6-5-13(18-9-7-15)12-4-3-8-17-12/h3-4,8,11,13H,5-7,9-10H2,1-2H3. The van der Waals surface area contributed by atoms with Crippen molar-refractivity contribution in [2.75, 3.05) is 18.8 Å². The predicted octanol–water partition coefficient (Wildman–Crippen LogP) is 3.80. The minimum Gasteiger partial charge on any atom is -0.342 e. The van der Waals surface area contributed by atoms with Crippen LogP contribution in [0.4, 0.5) is 0 Å². The molecule has 1 aromatic rings. The number of carbonyl (C=O) groups excluding carboxylic acids is 1. The molecule has 1 amide bonds. The normalized spacial score (nSPS) is 21.1. The summed E-state index contributed by atoms with van der Waals surface area (Å²) >= 11 is 3.83. The molecule has 0 spiro atoms. The minimum atomic E-state index is 0.331. The lowest BCUT2D eigenvalue weighted by molar-refractivity contribution is -0.131. The second-order valence-electron chi connectivity index (χ2n) is 5.14. The molecule has 2 rings (SSSR count). The van der Waals surface area contributed by atoms with Crippen molar-refractivity contribution in [3.8, 4) is 0 Å². The van der Waals surface area contributed by atoms with E-state index in [9.17, 15) is 4.79 Å². The number of amides is 1. The fourth-order valence-corrected chi connectivity index (χ4v) is 4.44. The monoisotopic (exact) mass is 283 g/mol. The van der Waals surface area contributed by atoms with Gasteiger partial charge < -0.3 is 4.90 Å². The van der Waals surface area contributed by atoms with Crippen molar-refractivity contribution >= 4 is 29.0 Å². The molecule has 1 aromatic heterocycles. The summed E-state index contributed by atoms with van der Waals surface area (Å²) in [6, 6.07) is 4.33. The van der Waals surface area contributed by atoms with Crippen LogP contribution < -0.4 is 0 Å². The summed E-state index contributed by atoms with van der Waals surface area (Å²) in [6.07, 6.45) is 1.78. The topological polar surface area (TPSA) is 20.3 Å². The maximum absolute atomic E-state index is 12.1. The van der Waals surface area contributed by atoms with E-state index in [0.717, 1.165) is 25.3 Å². The average Bonchev–Trinajstić information content (AvgIpc) is 2.72. The summed E-state index contributed by atoms with van der Waals surface area (Å²) in [5.74, 6) is 1.85. The first-order valence-electron chi connectivity index (χ1n) is 6.59. The quantitative estimate of drug-likeness (QED) is 0.841. The Labute approximate surface area is 118 Å². The van der Waals surface area contributed by atoms with Crippen LogP contribution in [0.1, 0.15) is 36.8 Å². The van der Waals surface area contributed by atoms with Crippen LogP contribution in [0.25, 0.3) is 0 Å². The molecule has 1 aliphatic heterocycles. The van der Waals surface area contributed by atoms with E-state index in [1.807, 2.05) is 23.1 Å². The third-order valence-electron chi connectivity index (χ3n) is 3.14. The van der Waals surface area contributed by atoms with Gasteiger partial charge in [0, 0.05) is 35.4 Å². The first kappa shape index (κ1) is 13.9. The number of nitrogens with zero attached hydrogens (tertiary/aromatic N) is 1. The highest BCUT2D eigenvalue weighted by Crippen LogP contribution is 2.36. The van der Waals surface area contributed by atoms with E-state index >= 15 is 0 Å². The van der Waals surface area contributed by atoms with E-state index < -0.39 is 0 Å². The van der Waals surface area contributed by atoms with Gasteiger partial charge in [-0.15, -0.1) is 11.3 Å². The first-order chi connectivity index (χ1) is 8.66. The summed E-state index contributed by atoms with van der Waals surface area (Å²) in [5, 5.41) is 2.73. The number of thiophene rings is 1. The summed E-state index contributed by atoms with van der Waals surface area (Å²) in [4.78, 5) is 15.6. The highest BCUT2D eigenvalue weighted by atomic mass is 32.2. The number of thioether (sulfide) groups is 1. The number of rotatable bonds is 3. The van der Waals surface area contributed by atoms with Crippen LogP contribution in [0.15, 0.2) is 17.5 Å². The Morgan fingerprint density at radius 3 is 3.00 bits per heavy atom. The molecule has 1 atom stereocenters. The molecule has 0 saturated carbocycles. The number of hydrogen-bond donors (Lipinski definition) is 0. The Morgan fingerprint density at radius 2 is 2.33 bits per heavy atom. The molecular formula is C14H21NOS2. The van der Waals surface area contributed by atoms with Gasteiger partial charge in [0.1, 0.15) is 0 Å². The molecule has 2 heterocycles. The van der Waals surface area contributed by atoms with Crippen LogP contribution >= 0.6 is 23.1 Å². The number of hydrogen-bond acceptors (Lipinski definition) is 3. The largest absolute Gasteiger partial charge is 0.342 e. The van der Waals surface area contributed by atoms with Gasteiger partial charge in [0.2, 0.25) is 5.91 Å². The van der Waals surface area contributed by atoms with Gasteiger partial charge >= 0.3 is 0 Å². The molecule has 0 aliphatic carbocycles. The molecule has 0 N–H and O–H groups in total. The van der Waals surface area contributed by atoms with Crippen molar-refractivity contribution < 1.29 is 4.79 Å². The lowest BCUT2D eigenvalue weighted by Gasteiger charge is -2.21. The van der Waals surface area contributed by atoms with Gasteiger partial charge in [-0.3, -0.25) is 4.79 Å². The number of carbonyl (C=O) groups is 1. The van der Waals surface area contributed by atoms with Crippen LogP contribution in [-0.2, 0) is 4.79 Å². The summed E-state index contributed by atoms with van der Waals surface area (Å²) in [5.41, 5.74) is 0. The van der Waals surface area contributed by atoms with E-state index in [0.29, 0.717) is 23.5 Å². The van der Waals surface area contributed by atoms with Crippen molar-refractivity contribution in [1.29, 1.82) is 0 Å². The molecule has 1 unspecified atom stereocenters. The first-order valence-corrected chi connectivity index (χ1v) is 8.52. The summed E-state index contributed by atoms with van der Waals surface area (Å²) in [6.45, 7) is 6.05. The third kappa shape index (κ3) is 3.75. The zero-order valence-corrected chi connectivity index (χ0v) is 12.7. The third-order valence-corrected chi connectivity index (χ3v) is 5.58. The van der Waals surface area contributed by atoms with E-state index in [2.05, 4.69) is 36.3 Å². The zero-order valence-electron chi connectivity index (χ0n) is 11.1. The maximum Gasteiger partial charge on any atom is 0.222 e. The Hall–Kier alpha value is -0.480. The van der Waals surface area contributed by atoms with Gasteiger partial charge in [-0.05, 0) is 23.8 Å². The molecule has 1 fully saturated rings. The van der Waals surface area contributed by atoms with Crippen LogP contribution in [0.5, 0.6) is 0 Å². The van der Waals surface area contributed by atoms with Crippen molar-refractivity contribution in [2.45, 2.75) is 31.9 Å². The smallest absolute Gasteiger partial charge is 0.222 e. The predicted molar refractivity (Wildman–Crippen MR) is 80.2 cm³/mol. The van der Waals surface area contributed by atoms with Crippen LogP contribution in [0.2, 0.25) is 0 Å². The van der Waals surface area contributed by atoms with Crippen molar-refractivity contribution in [1.82, 2.24) is 4.90 Å². The molecule has 100 valence electrons. The molecular weight excluding hydrogens is 262 g/mol. The van der Waals surface area contributed by atoms with Crippen LogP contribution in [-0.4, -0.2) is 29.6 Å². The Kier molecular flexibility index (Phi) is 5.13. The summed E-state index contributed by atoms with van der Waals surface area (Å²) < 4.78 is 0. The van der Waals surface area contributed by atoms with E-state index in [1.165, 1.54) is 4.88 Å². The van der Waals surface area contributed by atoms with Crippen LogP contribution in [0.3, 0.4) is 0 Å². The summed E-state index contributed by atoms with van der Waals surface area (Å²) in [7, 11) is 0. The van der Waals surface area contributed by atoms with E-state index in [4.69, 9.17) is 0 Å². The van der Waals surface area contributed by atoms with Crippen LogP contribution in [0, 0.1) is 5.92 Å². The van der Waals surface area contributed by atoms with Gasteiger partial charge in [0.05, 0.1) is 0 Å². The zero-order chi connectivity index (χ0) is 13.0. The van der Waals surface area contributed by atoms with Crippen molar-refractivity contribution in [2.24, 2.45) is 5.92 Å². The molecule has 1 aliphatic rings. The molecule has 2 nitrogen and oxygen atoms in total.